The van der Waals surface area contributed by atoms with Crippen LogP contribution in [0.4, 0.5) is 0 Å². The SMILES string of the molecule is N#CC1(C(=O)O)CC2CCC1CC2O. The standard InChI is InChI=1S/C10H13NO3/c11-5-10(9(13)14)4-6-1-2-7(10)3-8(6)12/h6-8,12H,1-4H2,(H,13,14). The second kappa shape index (κ2) is 2.96. The van der Waals surface area contributed by atoms with Crippen molar-refractivity contribution in [3.63, 3.8) is 0 Å². The summed E-state index contributed by atoms with van der Waals surface area (Å²) in [7, 11) is 0. The van der Waals surface area contributed by atoms with Gasteiger partial charge in [0.1, 0.15) is 0 Å². The molecule has 2 N–H and O–H groups in total. The first-order valence-corrected chi connectivity index (χ1v) is 4.93. The Morgan fingerprint density at radius 3 is 2.57 bits per heavy atom. The van der Waals surface area contributed by atoms with Gasteiger partial charge < -0.3 is 10.2 Å². The quantitative estimate of drug-likeness (QED) is 0.647. The average molecular weight is 195 g/mol. The lowest BCUT2D eigenvalue weighted by molar-refractivity contribution is -0.159. The van der Waals surface area contributed by atoms with Crippen molar-refractivity contribution in [2.75, 3.05) is 0 Å². The van der Waals surface area contributed by atoms with Crippen molar-refractivity contribution in [3.05, 3.63) is 0 Å². The molecule has 0 amide bonds. The first kappa shape index (κ1) is 9.47. The summed E-state index contributed by atoms with van der Waals surface area (Å²) in [6.07, 6.45) is 2.04. The normalized spacial score (nSPS) is 45.9. The minimum absolute atomic E-state index is 0.00995. The Morgan fingerprint density at radius 2 is 2.21 bits per heavy atom. The van der Waals surface area contributed by atoms with Crippen molar-refractivity contribution in [2.24, 2.45) is 17.3 Å². The van der Waals surface area contributed by atoms with Gasteiger partial charge in [-0.15, -0.1) is 0 Å². The van der Waals surface area contributed by atoms with Gasteiger partial charge in [-0.05, 0) is 37.5 Å². The third-order valence-corrected chi connectivity index (χ3v) is 3.82. The third-order valence-electron chi connectivity index (χ3n) is 3.82. The molecule has 3 saturated carbocycles. The van der Waals surface area contributed by atoms with Gasteiger partial charge in [-0.25, -0.2) is 0 Å². The van der Waals surface area contributed by atoms with E-state index >= 15 is 0 Å². The lowest BCUT2D eigenvalue weighted by atomic mass is 9.55. The van der Waals surface area contributed by atoms with Gasteiger partial charge in [0, 0.05) is 0 Å². The Labute approximate surface area is 82.2 Å². The molecule has 4 heteroatoms. The number of carbonyl (C=O) groups is 1. The number of hydrogen-bond acceptors (Lipinski definition) is 3. The van der Waals surface area contributed by atoms with Gasteiger partial charge in [-0.2, -0.15) is 5.26 Å². The summed E-state index contributed by atoms with van der Waals surface area (Å²) < 4.78 is 0. The highest BCUT2D eigenvalue weighted by Gasteiger charge is 2.56. The molecule has 4 nitrogen and oxygen atoms in total. The molecule has 4 atom stereocenters. The van der Waals surface area contributed by atoms with Gasteiger partial charge in [0.2, 0.25) is 0 Å². The number of nitriles is 1. The summed E-state index contributed by atoms with van der Waals surface area (Å²) in [5.74, 6) is -1.16. The van der Waals surface area contributed by atoms with Crippen LogP contribution >= 0.6 is 0 Å². The molecule has 0 aromatic carbocycles. The fourth-order valence-corrected chi connectivity index (χ4v) is 2.92. The monoisotopic (exact) mass is 195 g/mol. The van der Waals surface area contributed by atoms with Gasteiger partial charge in [0.05, 0.1) is 12.2 Å². The zero-order chi connectivity index (χ0) is 10.3. The molecule has 0 aromatic rings. The zero-order valence-corrected chi connectivity index (χ0v) is 7.81. The van der Waals surface area contributed by atoms with Gasteiger partial charge in [-0.3, -0.25) is 4.79 Å². The smallest absolute Gasteiger partial charge is 0.324 e. The molecule has 2 bridgehead atoms. The minimum atomic E-state index is -1.22. The number of aliphatic hydroxyl groups excluding tert-OH is 1. The molecule has 3 aliphatic rings. The van der Waals surface area contributed by atoms with E-state index in [9.17, 15) is 9.90 Å². The van der Waals surface area contributed by atoms with Crippen molar-refractivity contribution in [1.29, 1.82) is 5.26 Å². The van der Waals surface area contributed by atoms with E-state index in [1.165, 1.54) is 0 Å². The first-order chi connectivity index (χ1) is 6.60. The Kier molecular flexibility index (Phi) is 2.00. The van der Waals surface area contributed by atoms with Crippen LogP contribution in [-0.4, -0.2) is 22.3 Å². The van der Waals surface area contributed by atoms with E-state index in [2.05, 4.69) is 0 Å². The predicted molar refractivity (Wildman–Crippen MR) is 47.1 cm³/mol. The zero-order valence-electron chi connectivity index (χ0n) is 7.81. The molecular weight excluding hydrogens is 182 g/mol. The summed E-state index contributed by atoms with van der Waals surface area (Å²) >= 11 is 0. The van der Waals surface area contributed by atoms with Crippen molar-refractivity contribution in [3.8, 4) is 6.07 Å². The second-order valence-corrected chi connectivity index (χ2v) is 4.43. The summed E-state index contributed by atoms with van der Waals surface area (Å²) in [5.41, 5.74) is -1.22. The van der Waals surface area contributed by atoms with Gasteiger partial charge in [-0.1, -0.05) is 0 Å². The van der Waals surface area contributed by atoms with Crippen LogP contribution in [0.25, 0.3) is 0 Å². The molecular formula is C10H13NO3. The summed E-state index contributed by atoms with van der Waals surface area (Å²) in [6, 6.07) is 1.96. The van der Waals surface area contributed by atoms with Gasteiger partial charge in [0.15, 0.2) is 5.41 Å². The lowest BCUT2D eigenvalue weighted by Crippen LogP contribution is -2.51. The van der Waals surface area contributed by atoms with Crippen LogP contribution in [0.15, 0.2) is 0 Å². The van der Waals surface area contributed by atoms with Crippen molar-refractivity contribution in [2.45, 2.75) is 31.8 Å². The predicted octanol–water partition coefficient (Wildman–Crippen LogP) is 0.762. The number of carboxylic acid groups (broad SMARTS) is 1. The molecule has 0 saturated heterocycles. The van der Waals surface area contributed by atoms with E-state index in [0.717, 1.165) is 12.8 Å². The highest BCUT2D eigenvalue weighted by molar-refractivity contribution is 5.79. The summed E-state index contributed by atoms with van der Waals surface area (Å²) in [6.45, 7) is 0. The summed E-state index contributed by atoms with van der Waals surface area (Å²) in [4.78, 5) is 11.1. The van der Waals surface area contributed by atoms with Crippen molar-refractivity contribution < 1.29 is 15.0 Å². The van der Waals surface area contributed by atoms with E-state index in [1.807, 2.05) is 6.07 Å². The van der Waals surface area contributed by atoms with E-state index in [0.29, 0.717) is 12.8 Å². The maximum absolute atomic E-state index is 11.1. The molecule has 0 aliphatic heterocycles. The topological polar surface area (TPSA) is 81.3 Å². The van der Waals surface area contributed by atoms with Crippen molar-refractivity contribution >= 4 is 5.97 Å². The minimum Gasteiger partial charge on any atom is -0.480 e. The molecule has 0 aromatic heterocycles. The Morgan fingerprint density at radius 1 is 1.50 bits per heavy atom. The Balaban J connectivity index is 2.32. The number of aliphatic hydroxyl groups is 1. The molecule has 0 heterocycles. The number of fused-ring (bicyclic) bond motifs is 3. The highest BCUT2D eigenvalue weighted by atomic mass is 16.4. The molecule has 14 heavy (non-hydrogen) atoms. The van der Waals surface area contributed by atoms with Crippen LogP contribution in [0.2, 0.25) is 0 Å². The molecule has 76 valence electrons. The van der Waals surface area contributed by atoms with E-state index in [1.54, 1.807) is 0 Å². The molecule has 3 aliphatic carbocycles. The fraction of sp³-hybridized carbons (Fsp3) is 0.800. The van der Waals surface area contributed by atoms with Crippen LogP contribution in [0.5, 0.6) is 0 Å². The number of nitrogens with zero attached hydrogens (tertiary/aromatic N) is 1. The molecule has 3 fully saturated rings. The molecule has 0 radical (unpaired) electrons. The van der Waals surface area contributed by atoms with Crippen LogP contribution in [-0.2, 0) is 4.79 Å². The Hall–Kier alpha value is -1.08. The van der Waals surface area contributed by atoms with Crippen LogP contribution in [0, 0.1) is 28.6 Å². The number of aliphatic carboxylic acids is 1. The molecule has 0 spiro atoms. The van der Waals surface area contributed by atoms with Gasteiger partial charge >= 0.3 is 5.97 Å². The number of rotatable bonds is 1. The van der Waals surface area contributed by atoms with Crippen LogP contribution < -0.4 is 0 Å². The second-order valence-electron chi connectivity index (χ2n) is 4.43. The maximum atomic E-state index is 11.1. The van der Waals surface area contributed by atoms with Crippen LogP contribution in [0.3, 0.4) is 0 Å². The summed E-state index contributed by atoms with van der Waals surface area (Å²) in [5, 5.41) is 27.7. The van der Waals surface area contributed by atoms with Crippen molar-refractivity contribution in [1.82, 2.24) is 0 Å². The van der Waals surface area contributed by atoms with E-state index in [4.69, 9.17) is 10.4 Å². The Bertz CT molecular complexity index is 309. The molecule has 4 unspecified atom stereocenters. The molecule has 3 rings (SSSR count). The van der Waals surface area contributed by atoms with E-state index in [-0.39, 0.29) is 11.8 Å². The maximum Gasteiger partial charge on any atom is 0.324 e. The number of carboxylic acids is 1. The third kappa shape index (κ3) is 1.05. The lowest BCUT2D eigenvalue weighted by Gasteiger charge is -2.47. The largest absolute Gasteiger partial charge is 0.480 e. The van der Waals surface area contributed by atoms with Crippen LogP contribution in [0.1, 0.15) is 25.7 Å². The highest BCUT2D eigenvalue weighted by Crippen LogP contribution is 2.52. The average Bonchev–Trinajstić information content (AvgIpc) is 2.18. The van der Waals surface area contributed by atoms with Gasteiger partial charge in [0.25, 0.3) is 0 Å². The first-order valence-electron chi connectivity index (χ1n) is 4.93. The number of hydrogen-bond donors (Lipinski definition) is 2. The fourth-order valence-electron chi connectivity index (χ4n) is 2.92. The van der Waals surface area contributed by atoms with E-state index < -0.39 is 17.5 Å².